The van der Waals surface area contributed by atoms with E-state index in [4.69, 9.17) is 10.5 Å². The fourth-order valence-electron chi connectivity index (χ4n) is 2.05. The minimum atomic E-state index is -0.255. The Labute approximate surface area is 102 Å². The smallest absolute Gasteiger partial charge is 0.338 e. The molecular weight excluding hydrogens is 214 g/mol. The lowest BCUT2D eigenvalue weighted by molar-refractivity contribution is 0.0463. The molecule has 2 N–H and O–H groups in total. The fourth-order valence-corrected chi connectivity index (χ4v) is 2.05. The molecule has 0 bridgehead atoms. The molecule has 0 amide bonds. The van der Waals surface area contributed by atoms with Gasteiger partial charge in [0.05, 0.1) is 12.2 Å². The van der Waals surface area contributed by atoms with Crippen LogP contribution in [-0.4, -0.2) is 12.6 Å². The van der Waals surface area contributed by atoms with Crippen molar-refractivity contribution >= 4 is 11.7 Å². The number of ether oxygens (including phenoxy) is 1. The van der Waals surface area contributed by atoms with E-state index in [1.165, 1.54) is 19.3 Å². The van der Waals surface area contributed by atoms with E-state index in [1.807, 2.05) is 6.92 Å². The van der Waals surface area contributed by atoms with Gasteiger partial charge in [0, 0.05) is 5.69 Å². The molecule has 1 aliphatic rings. The van der Waals surface area contributed by atoms with Crippen molar-refractivity contribution in [2.24, 2.45) is 5.92 Å². The zero-order valence-electron chi connectivity index (χ0n) is 10.2. The summed E-state index contributed by atoms with van der Waals surface area (Å²) in [5.41, 5.74) is 7.78. The first-order valence-corrected chi connectivity index (χ1v) is 6.20. The Morgan fingerprint density at radius 1 is 1.47 bits per heavy atom. The summed E-state index contributed by atoms with van der Waals surface area (Å²) in [6.07, 6.45) is 4.89. The summed E-state index contributed by atoms with van der Waals surface area (Å²) in [6.45, 7) is 2.37. The molecule has 0 spiro atoms. The summed E-state index contributed by atoms with van der Waals surface area (Å²) >= 11 is 0. The third-order valence-corrected chi connectivity index (χ3v) is 3.58. The van der Waals surface area contributed by atoms with E-state index < -0.39 is 0 Å². The van der Waals surface area contributed by atoms with Gasteiger partial charge in [0.1, 0.15) is 0 Å². The molecule has 0 aromatic heterocycles. The van der Waals surface area contributed by atoms with Crippen LogP contribution in [-0.2, 0) is 4.74 Å². The number of nitrogen functional groups attached to an aromatic ring is 1. The van der Waals surface area contributed by atoms with Crippen LogP contribution in [0.1, 0.15) is 41.6 Å². The standard InChI is InChI=1S/C14H19NO2/c1-10-12(6-3-7-13(10)15)14(16)17-9-8-11-4-2-5-11/h3,6-7,11H,2,4-5,8-9,15H2,1H3. The molecule has 0 aliphatic heterocycles. The van der Waals surface area contributed by atoms with Crippen LogP contribution in [0.15, 0.2) is 18.2 Å². The molecule has 0 unspecified atom stereocenters. The van der Waals surface area contributed by atoms with E-state index in [2.05, 4.69) is 0 Å². The second-order valence-corrected chi connectivity index (χ2v) is 4.74. The van der Waals surface area contributed by atoms with Gasteiger partial charge in [0.15, 0.2) is 0 Å². The minimum absolute atomic E-state index is 0.255. The first kappa shape index (κ1) is 12.0. The van der Waals surface area contributed by atoms with Crippen LogP contribution in [0, 0.1) is 12.8 Å². The van der Waals surface area contributed by atoms with Gasteiger partial charge in [0.25, 0.3) is 0 Å². The Balaban J connectivity index is 1.87. The molecule has 1 aromatic carbocycles. The van der Waals surface area contributed by atoms with Crippen molar-refractivity contribution in [3.63, 3.8) is 0 Å². The van der Waals surface area contributed by atoms with Crippen LogP contribution in [0.3, 0.4) is 0 Å². The van der Waals surface area contributed by atoms with E-state index in [0.717, 1.165) is 17.9 Å². The Kier molecular flexibility index (Phi) is 3.67. The van der Waals surface area contributed by atoms with Crippen LogP contribution in [0.5, 0.6) is 0 Å². The van der Waals surface area contributed by atoms with Crippen molar-refractivity contribution in [2.45, 2.75) is 32.6 Å². The summed E-state index contributed by atoms with van der Waals surface area (Å²) in [6, 6.07) is 5.34. The highest BCUT2D eigenvalue weighted by Crippen LogP contribution is 2.29. The highest BCUT2D eigenvalue weighted by molar-refractivity contribution is 5.92. The molecule has 3 heteroatoms. The molecule has 0 atom stereocenters. The van der Waals surface area contributed by atoms with Crippen molar-refractivity contribution < 1.29 is 9.53 Å². The SMILES string of the molecule is Cc1c(N)cccc1C(=O)OCCC1CCC1. The summed E-state index contributed by atoms with van der Waals surface area (Å²) in [4.78, 5) is 11.8. The number of hydrogen-bond acceptors (Lipinski definition) is 3. The van der Waals surface area contributed by atoms with Crippen LogP contribution >= 0.6 is 0 Å². The molecule has 92 valence electrons. The maximum atomic E-state index is 11.8. The van der Waals surface area contributed by atoms with Gasteiger partial charge in [0.2, 0.25) is 0 Å². The van der Waals surface area contributed by atoms with Crippen LogP contribution < -0.4 is 5.73 Å². The highest BCUT2D eigenvalue weighted by atomic mass is 16.5. The number of esters is 1. The number of hydrogen-bond donors (Lipinski definition) is 1. The number of rotatable bonds is 4. The van der Waals surface area contributed by atoms with Crippen LogP contribution in [0.25, 0.3) is 0 Å². The summed E-state index contributed by atoms with van der Waals surface area (Å²) in [7, 11) is 0. The zero-order chi connectivity index (χ0) is 12.3. The van der Waals surface area contributed by atoms with Gasteiger partial charge in [-0.3, -0.25) is 0 Å². The van der Waals surface area contributed by atoms with E-state index in [0.29, 0.717) is 17.9 Å². The monoisotopic (exact) mass is 233 g/mol. The van der Waals surface area contributed by atoms with Crippen molar-refractivity contribution in [2.75, 3.05) is 12.3 Å². The molecule has 3 nitrogen and oxygen atoms in total. The van der Waals surface area contributed by atoms with E-state index in [-0.39, 0.29) is 5.97 Å². The molecule has 1 aromatic rings. The largest absolute Gasteiger partial charge is 0.462 e. The molecule has 2 rings (SSSR count). The number of carbonyl (C=O) groups is 1. The van der Waals surface area contributed by atoms with Gasteiger partial charge in [-0.25, -0.2) is 4.79 Å². The molecule has 1 aliphatic carbocycles. The lowest BCUT2D eigenvalue weighted by atomic mass is 9.83. The molecule has 1 saturated carbocycles. The Morgan fingerprint density at radius 3 is 2.88 bits per heavy atom. The predicted molar refractivity (Wildman–Crippen MR) is 67.8 cm³/mol. The molecule has 0 saturated heterocycles. The number of anilines is 1. The fraction of sp³-hybridized carbons (Fsp3) is 0.500. The van der Waals surface area contributed by atoms with E-state index >= 15 is 0 Å². The second-order valence-electron chi connectivity index (χ2n) is 4.74. The minimum Gasteiger partial charge on any atom is -0.462 e. The molecule has 0 radical (unpaired) electrons. The maximum absolute atomic E-state index is 11.8. The van der Waals surface area contributed by atoms with Crippen LogP contribution in [0.4, 0.5) is 5.69 Å². The predicted octanol–water partition coefficient (Wildman–Crippen LogP) is 2.92. The Morgan fingerprint density at radius 2 is 2.24 bits per heavy atom. The quantitative estimate of drug-likeness (QED) is 0.642. The molecule has 0 heterocycles. The molecule has 17 heavy (non-hydrogen) atoms. The maximum Gasteiger partial charge on any atom is 0.338 e. The van der Waals surface area contributed by atoms with Gasteiger partial charge in [-0.1, -0.05) is 25.3 Å². The summed E-state index contributed by atoms with van der Waals surface area (Å²) < 4.78 is 5.28. The Hall–Kier alpha value is -1.51. The molecular formula is C14H19NO2. The topological polar surface area (TPSA) is 52.3 Å². The average molecular weight is 233 g/mol. The van der Waals surface area contributed by atoms with Crippen molar-refractivity contribution in [3.8, 4) is 0 Å². The van der Waals surface area contributed by atoms with Crippen LogP contribution in [0.2, 0.25) is 0 Å². The van der Waals surface area contributed by atoms with Gasteiger partial charge >= 0.3 is 5.97 Å². The third-order valence-electron chi connectivity index (χ3n) is 3.58. The number of benzene rings is 1. The van der Waals surface area contributed by atoms with Gasteiger partial charge in [-0.15, -0.1) is 0 Å². The van der Waals surface area contributed by atoms with Crippen molar-refractivity contribution in [1.82, 2.24) is 0 Å². The lowest BCUT2D eigenvalue weighted by Crippen LogP contribution is -2.16. The summed E-state index contributed by atoms with van der Waals surface area (Å²) in [5, 5.41) is 0. The first-order valence-electron chi connectivity index (χ1n) is 6.20. The average Bonchev–Trinajstić information content (AvgIpc) is 2.25. The Bertz CT molecular complexity index is 411. The van der Waals surface area contributed by atoms with Crippen molar-refractivity contribution in [3.05, 3.63) is 29.3 Å². The van der Waals surface area contributed by atoms with E-state index in [9.17, 15) is 4.79 Å². The van der Waals surface area contributed by atoms with Gasteiger partial charge in [-0.2, -0.15) is 0 Å². The number of carbonyl (C=O) groups excluding carboxylic acids is 1. The van der Waals surface area contributed by atoms with Gasteiger partial charge in [-0.05, 0) is 37.0 Å². The first-order chi connectivity index (χ1) is 8.18. The van der Waals surface area contributed by atoms with Gasteiger partial charge < -0.3 is 10.5 Å². The summed E-state index contributed by atoms with van der Waals surface area (Å²) in [5.74, 6) is 0.513. The molecule has 1 fully saturated rings. The van der Waals surface area contributed by atoms with E-state index in [1.54, 1.807) is 18.2 Å². The third kappa shape index (κ3) is 2.78. The highest BCUT2D eigenvalue weighted by Gasteiger charge is 2.18. The lowest BCUT2D eigenvalue weighted by Gasteiger charge is -2.24. The number of nitrogens with two attached hydrogens (primary N) is 1. The second kappa shape index (κ2) is 5.21. The van der Waals surface area contributed by atoms with Crippen molar-refractivity contribution in [1.29, 1.82) is 0 Å². The normalized spacial score (nSPS) is 15.4. The zero-order valence-corrected chi connectivity index (χ0v) is 10.2.